The SMILES string of the molecule is CS(=O)(=O)N1CCN(C(=O)Cc2ccc3c(c2)NC(=O)CS3)CC1. The fraction of sp³-hybridized carbons (Fsp3) is 0.467. The van der Waals surface area contributed by atoms with E-state index in [0.717, 1.165) is 16.1 Å². The molecule has 130 valence electrons. The van der Waals surface area contributed by atoms with Gasteiger partial charge in [0, 0.05) is 31.1 Å². The Morgan fingerprint density at radius 1 is 1.25 bits per heavy atom. The summed E-state index contributed by atoms with van der Waals surface area (Å²) in [4.78, 5) is 26.6. The predicted octanol–water partition coefficient (Wildman–Crippen LogP) is 0.377. The van der Waals surface area contributed by atoms with Gasteiger partial charge in [0.2, 0.25) is 21.8 Å². The van der Waals surface area contributed by atoms with Crippen LogP contribution in [0.4, 0.5) is 5.69 Å². The lowest BCUT2D eigenvalue weighted by Gasteiger charge is -2.33. The van der Waals surface area contributed by atoms with Gasteiger partial charge in [0.25, 0.3) is 0 Å². The van der Waals surface area contributed by atoms with E-state index >= 15 is 0 Å². The van der Waals surface area contributed by atoms with Crippen molar-refractivity contribution in [2.75, 3.05) is 43.5 Å². The molecule has 9 heteroatoms. The molecular weight excluding hydrogens is 350 g/mol. The fourth-order valence-electron chi connectivity index (χ4n) is 2.80. The normalized spacial score (nSPS) is 18.9. The summed E-state index contributed by atoms with van der Waals surface area (Å²) in [6, 6.07) is 5.65. The van der Waals surface area contributed by atoms with Crippen LogP contribution in [-0.2, 0) is 26.0 Å². The van der Waals surface area contributed by atoms with Gasteiger partial charge >= 0.3 is 0 Å². The molecule has 1 saturated heterocycles. The Morgan fingerprint density at radius 3 is 2.62 bits per heavy atom. The Balaban J connectivity index is 1.62. The first-order valence-electron chi connectivity index (χ1n) is 7.61. The van der Waals surface area contributed by atoms with Gasteiger partial charge in [-0.15, -0.1) is 11.8 Å². The first-order valence-corrected chi connectivity index (χ1v) is 10.4. The summed E-state index contributed by atoms with van der Waals surface area (Å²) in [6.45, 7) is 1.48. The smallest absolute Gasteiger partial charge is 0.234 e. The maximum Gasteiger partial charge on any atom is 0.234 e. The Morgan fingerprint density at radius 2 is 1.96 bits per heavy atom. The van der Waals surface area contributed by atoms with Crippen LogP contribution in [0.3, 0.4) is 0 Å². The van der Waals surface area contributed by atoms with Gasteiger partial charge < -0.3 is 10.2 Å². The van der Waals surface area contributed by atoms with E-state index in [-0.39, 0.29) is 18.2 Å². The van der Waals surface area contributed by atoms with E-state index in [1.807, 2.05) is 18.2 Å². The number of sulfonamides is 1. The van der Waals surface area contributed by atoms with E-state index in [1.165, 1.54) is 22.3 Å². The van der Waals surface area contributed by atoms with Crippen LogP contribution in [0.15, 0.2) is 23.1 Å². The maximum atomic E-state index is 12.4. The third kappa shape index (κ3) is 3.90. The minimum absolute atomic E-state index is 0.0297. The zero-order chi connectivity index (χ0) is 17.3. The van der Waals surface area contributed by atoms with Crippen molar-refractivity contribution in [1.82, 2.24) is 9.21 Å². The standard InChI is InChI=1S/C15H19N3O4S2/c1-24(21,22)18-6-4-17(5-7-18)15(20)9-11-2-3-13-12(8-11)16-14(19)10-23-13/h2-3,8H,4-7,9-10H2,1H3,(H,16,19). The second-order valence-corrected chi connectivity index (χ2v) is 8.89. The third-order valence-corrected chi connectivity index (χ3v) is 6.47. The molecule has 2 amide bonds. The summed E-state index contributed by atoms with van der Waals surface area (Å²) in [7, 11) is -3.20. The van der Waals surface area contributed by atoms with Crippen molar-refractivity contribution in [2.24, 2.45) is 0 Å². The number of nitrogens with zero attached hydrogens (tertiary/aromatic N) is 2. The van der Waals surface area contributed by atoms with E-state index in [2.05, 4.69) is 5.32 Å². The summed E-state index contributed by atoms with van der Waals surface area (Å²) in [5.41, 5.74) is 1.59. The highest BCUT2D eigenvalue weighted by atomic mass is 32.2. The molecule has 1 N–H and O–H groups in total. The molecule has 1 aromatic rings. The summed E-state index contributed by atoms with van der Waals surface area (Å²) < 4.78 is 24.4. The van der Waals surface area contributed by atoms with Crippen LogP contribution in [-0.4, -0.2) is 67.6 Å². The largest absolute Gasteiger partial charge is 0.340 e. The zero-order valence-corrected chi connectivity index (χ0v) is 15.0. The molecule has 2 aliphatic rings. The molecule has 2 aliphatic heterocycles. The van der Waals surface area contributed by atoms with Crippen molar-refractivity contribution >= 4 is 39.3 Å². The summed E-state index contributed by atoms with van der Waals surface area (Å²) in [6.07, 6.45) is 1.43. The number of piperazine rings is 1. The van der Waals surface area contributed by atoms with Crippen molar-refractivity contribution in [1.29, 1.82) is 0 Å². The number of hydrogen-bond acceptors (Lipinski definition) is 5. The molecule has 24 heavy (non-hydrogen) atoms. The number of benzene rings is 1. The zero-order valence-electron chi connectivity index (χ0n) is 13.3. The molecule has 0 saturated carbocycles. The van der Waals surface area contributed by atoms with Gasteiger partial charge in [-0.25, -0.2) is 8.42 Å². The van der Waals surface area contributed by atoms with E-state index < -0.39 is 10.0 Å². The Bertz CT molecular complexity index is 771. The quantitative estimate of drug-likeness (QED) is 0.832. The number of carbonyl (C=O) groups is 2. The number of hydrogen-bond donors (Lipinski definition) is 1. The van der Waals surface area contributed by atoms with Crippen LogP contribution in [0.1, 0.15) is 5.56 Å². The number of rotatable bonds is 3. The average molecular weight is 369 g/mol. The Kier molecular flexibility index (Phi) is 4.84. The predicted molar refractivity (Wildman–Crippen MR) is 92.5 cm³/mol. The highest BCUT2D eigenvalue weighted by Crippen LogP contribution is 2.32. The highest BCUT2D eigenvalue weighted by molar-refractivity contribution is 8.00. The number of fused-ring (bicyclic) bond motifs is 1. The monoisotopic (exact) mass is 369 g/mol. The van der Waals surface area contributed by atoms with Gasteiger partial charge in [0.1, 0.15) is 0 Å². The first-order chi connectivity index (χ1) is 11.3. The van der Waals surface area contributed by atoms with Crippen molar-refractivity contribution < 1.29 is 18.0 Å². The molecule has 0 radical (unpaired) electrons. The lowest BCUT2D eigenvalue weighted by Crippen LogP contribution is -2.50. The number of anilines is 1. The van der Waals surface area contributed by atoms with Crippen molar-refractivity contribution in [3.8, 4) is 0 Å². The summed E-state index contributed by atoms with van der Waals surface area (Å²) in [5.74, 6) is 0.348. The third-order valence-electron chi connectivity index (χ3n) is 4.09. The lowest BCUT2D eigenvalue weighted by molar-refractivity contribution is -0.131. The van der Waals surface area contributed by atoms with Crippen LogP contribution >= 0.6 is 11.8 Å². The van der Waals surface area contributed by atoms with Crippen LogP contribution in [0.2, 0.25) is 0 Å². The fourth-order valence-corrected chi connectivity index (χ4v) is 4.41. The van der Waals surface area contributed by atoms with Gasteiger partial charge in [-0.05, 0) is 17.7 Å². The minimum atomic E-state index is -3.20. The Hall–Kier alpha value is -1.58. The second-order valence-electron chi connectivity index (χ2n) is 5.89. The molecule has 1 aromatic carbocycles. The first kappa shape index (κ1) is 17.2. The van der Waals surface area contributed by atoms with Crippen LogP contribution in [0, 0.1) is 0 Å². The molecular formula is C15H19N3O4S2. The molecule has 7 nitrogen and oxygen atoms in total. The van der Waals surface area contributed by atoms with Gasteiger partial charge in [0.15, 0.2) is 0 Å². The van der Waals surface area contributed by atoms with E-state index in [1.54, 1.807) is 4.90 Å². The molecule has 3 rings (SSSR count). The molecule has 2 heterocycles. The van der Waals surface area contributed by atoms with Crippen LogP contribution < -0.4 is 5.32 Å². The second kappa shape index (κ2) is 6.73. The van der Waals surface area contributed by atoms with Crippen molar-refractivity contribution in [3.63, 3.8) is 0 Å². The lowest BCUT2D eigenvalue weighted by atomic mass is 10.1. The van der Waals surface area contributed by atoms with Gasteiger partial charge in [-0.2, -0.15) is 4.31 Å². The van der Waals surface area contributed by atoms with Crippen LogP contribution in [0.5, 0.6) is 0 Å². The molecule has 0 spiro atoms. The van der Waals surface area contributed by atoms with Gasteiger partial charge in [-0.1, -0.05) is 6.07 Å². The van der Waals surface area contributed by atoms with Crippen molar-refractivity contribution in [3.05, 3.63) is 23.8 Å². The highest BCUT2D eigenvalue weighted by Gasteiger charge is 2.26. The van der Waals surface area contributed by atoms with E-state index in [0.29, 0.717) is 31.9 Å². The molecule has 1 fully saturated rings. The summed E-state index contributed by atoms with van der Waals surface area (Å²) >= 11 is 1.49. The minimum Gasteiger partial charge on any atom is -0.340 e. The number of nitrogens with one attached hydrogen (secondary N) is 1. The topological polar surface area (TPSA) is 86.8 Å². The molecule has 0 aromatic heterocycles. The number of amides is 2. The molecule has 0 atom stereocenters. The van der Waals surface area contributed by atoms with Gasteiger partial charge in [0.05, 0.1) is 24.1 Å². The number of carbonyl (C=O) groups excluding carboxylic acids is 2. The number of thioether (sulfide) groups is 1. The Labute approximate surface area is 145 Å². The maximum absolute atomic E-state index is 12.4. The molecule has 0 bridgehead atoms. The van der Waals surface area contributed by atoms with E-state index in [4.69, 9.17) is 0 Å². The molecule has 0 unspecified atom stereocenters. The van der Waals surface area contributed by atoms with E-state index in [9.17, 15) is 18.0 Å². The molecule has 0 aliphatic carbocycles. The van der Waals surface area contributed by atoms with Crippen LogP contribution in [0.25, 0.3) is 0 Å². The van der Waals surface area contributed by atoms with Crippen molar-refractivity contribution in [2.45, 2.75) is 11.3 Å². The average Bonchev–Trinajstić information content (AvgIpc) is 2.53. The van der Waals surface area contributed by atoms with Gasteiger partial charge in [-0.3, -0.25) is 9.59 Å². The summed E-state index contributed by atoms with van der Waals surface area (Å²) in [5, 5.41) is 2.82.